The van der Waals surface area contributed by atoms with Crippen LogP contribution in [0.5, 0.6) is 0 Å². The van der Waals surface area contributed by atoms with E-state index < -0.39 is 0 Å². The van der Waals surface area contributed by atoms with E-state index in [1.807, 2.05) is 0 Å². The van der Waals surface area contributed by atoms with Gasteiger partial charge in [-0.3, -0.25) is 6.08 Å². The van der Waals surface area contributed by atoms with E-state index in [4.69, 9.17) is 0 Å². The molecule has 0 atom stereocenters. The molecule has 0 aromatic carbocycles. The summed E-state index contributed by atoms with van der Waals surface area (Å²) in [6.07, 6.45) is 8.59. The van der Waals surface area contributed by atoms with Crippen molar-refractivity contribution in [2.45, 2.75) is 20.3 Å². The van der Waals surface area contributed by atoms with Crippen molar-refractivity contribution >= 4 is 0 Å². The molecule has 0 unspecified atom stereocenters. The Hall–Kier alpha value is 0.480. The fourth-order valence-corrected chi connectivity index (χ4v) is 0.818. The van der Waals surface area contributed by atoms with Crippen LogP contribution >= 0.6 is 0 Å². The fourth-order valence-electron chi connectivity index (χ4n) is 0.818. The van der Waals surface area contributed by atoms with E-state index in [0.29, 0.717) is 5.92 Å². The SMILES string of the molecule is CC(C)C1=[C-]CC=C1.[Na+]. The molecule has 0 radical (unpaired) electrons. The second kappa shape index (κ2) is 4.32. The van der Waals surface area contributed by atoms with Crippen LogP contribution in [0.1, 0.15) is 20.3 Å². The molecule has 9 heavy (non-hydrogen) atoms. The Morgan fingerprint density at radius 2 is 2.22 bits per heavy atom. The third kappa shape index (κ3) is 2.70. The van der Waals surface area contributed by atoms with Gasteiger partial charge in [-0.15, -0.1) is 6.42 Å². The first kappa shape index (κ1) is 9.48. The van der Waals surface area contributed by atoms with Crippen LogP contribution in [-0.4, -0.2) is 0 Å². The van der Waals surface area contributed by atoms with Gasteiger partial charge in [0.25, 0.3) is 0 Å². The summed E-state index contributed by atoms with van der Waals surface area (Å²) in [5.41, 5.74) is 1.37. The molecular weight excluding hydrogens is 119 g/mol. The minimum atomic E-state index is 0. The maximum atomic E-state index is 3.26. The summed E-state index contributed by atoms with van der Waals surface area (Å²) in [5, 5.41) is 0. The largest absolute Gasteiger partial charge is 1.00 e. The Labute approximate surface area is 79.3 Å². The Morgan fingerprint density at radius 3 is 2.44 bits per heavy atom. The van der Waals surface area contributed by atoms with Crippen LogP contribution in [0, 0.1) is 12.0 Å². The molecule has 0 heterocycles. The van der Waals surface area contributed by atoms with Crippen LogP contribution in [0.15, 0.2) is 17.7 Å². The molecule has 0 bridgehead atoms. The molecule has 1 heteroatoms. The summed E-state index contributed by atoms with van der Waals surface area (Å²) in [6, 6.07) is 0. The zero-order valence-electron chi connectivity index (χ0n) is 6.44. The van der Waals surface area contributed by atoms with E-state index in [2.05, 4.69) is 32.1 Å². The second-order valence-electron chi connectivity index (χ2n) is 2.39. The van der Waals surface area contributed by atoms with E-state index >= 15 is 0 Å². The van der Waals surface area contributed by atoms with Crippen LogP contribution in [-0.2, 0) is 0 Å². The third-order valence-electron chi connectivity index (χ3n) is 1.34. The topological polar surface area (TPSA) is 0 Å². The molecule has 0 amide bonds. The zero-order valence-corrected chi connectivity index (χ0v) is 8.44. The Bertz CT molecular complexity index is 132. The molecule has 1 rings (SSSR count). The molecule has 0 aliphatic heterocycles. The average molecular weight is 130 g/mol. The summed E-state index contributed by atoms with van der Waals surface area (Å²) >= 11 is 0. The Morgan fingerprint density at radius 1 is 1.56 bits per heavy atom. The maximum absolute atomic E-state index is 3.26. The standard InChI is InChI=1S/C8H11.Na/c1-7(2)8-5-3-4-6-8;/h3,5,7H,4H2,1-2H3;/q-1;+1. The van der Waals surface area contributed by atoms with Crippen molar-refractivity contribution in [1.29, 1.82) is 0 Å². The van der Waals surface area contributed by atoms with Gasteiger partial charge in [-0.25, -0.2) is 11.6 Å². The van der Waals surface area contributed by atoms with E-state index in [1.165, 1.54) is 5.57 Å². The van der Waals surface area contributed by atoms with Gasteiger partial charge in [0.05, 0.1) is 0 Å². The molecule has 0 spiro atoms. The minimum Gasteiger partial charge on any atom is -0.269 e. The van der Waals surface area contributed by atoms with Crippen molar-refractivity contribution in [1.82, 2.24) is 0 Å². The summed E-state index contributed by atoms with van der Waals surface area (Å²) in [4.78, 5) is 0. The third-order valence-corrected chi connectivity index (χ3v) is 1.34. The molecule has 1 aliphatic carbocycles. The van der Waals surface area contributed by atoms with Crippen molar-refractivity contribution in [3.63, 3.8) is 0 Å². The molecule has 1 aliphatic rings. The molecule has 0 aromatic heterocycles. The van der Waals surface area contributed by atoms with Gasteiger partial charge in [-0.1, -0.05) is 19.8 Å². The summed E-state index contributed by atoms with van der Waals surface area (Å²) in [5.74, 6) is 0.661. The van der Waals surface area contributed by atoms with E-state index in [9.17, 15) is 0 Å². The Balaban J connectivity index is 0.000000640. The normalized spacial score (nSPS) is 15.7. The fraction of sp³-hybridized carbons (Fsp3) is 0.500. The van der Waals surface area contributed by atoms with Crippen molar-refractivity contribution in [2.75, 3.05) is 0 Å². The van der Waals surface area contributed by atoms with Crippen LogP contribution in [0.4, 0.5) is 0 Å². The van der Waals surface area contributed by atoms with Gasteiger partial charge in [0.15, 0.2) is 0 Å². The quantitative estimate of drug-likeness (QED) is 0.326. The van der Waals surface area contributed by atoms with Crippen molar-refractivity contribution in [3.8, 4) is 0 Å². The smallest absolute Gasteiger partial charge is 0.269 e. The van der Waals surface area contributed by atoms with Gasteiger partial charge >= 0.3 is 29.6 Å². The number of hydrogen-bond donors (Lipinski definition) is 0. The van der Waals surface area contributed by atoms with Crippen LogP contribution in [0.3, 0.4) is 0 Å². The molecule has 0 N–H and O–H groups in total. The van der Waals surface area contributed by atoms with Gasteiger partial charge in [-0.2, -0.15) is 6.08 Å². The molecule has 0 saturated carbocycles. The van der Waals surface area contributed by atoms with E-state index in [0.717, 1.165) is 6.42 Å². The number of hydrogen-bond acceptors (Lipinski definition) is 0. The van der Waals surface area contributed by atoms with Crippen molar-refractivity contribution in [3.05, 3.63) is 23.8 Å². The predicted octanol–water partition coefficient (Wildman–Crippen LogP) is -0.664. The predicted molar refractivity (Wildman–Crippen MR) is 35.4 cm³/mol. The molecule has 0 fully saturated rings. The molecule has 0 saturated heterocycles. The maximum Gasteiger partial charge on any atom is 1.00 e. The van der Waals surface area contributed by atoms with Gasteiger partial charge < -0.3 is 0 Å². The van der Waals surface area contributed by atoms with Crippen molar-refractivity contribution < 1.29 is 29.6 Å². The summed E-state index contributed by atoms with van der Waals surface area (Å²) < 4.78 is 0. The molecule has 0 nitrogen and oxygen atoms in total. The first-order chi connectivity index (χ1) is 3.80. The van der Waals surface area contributed by atoms with Gasteiger partial charge in [0.1, 0.15) is 0 Å². The van der Waals surface area contributed by atoms with Crippen molar-refractivity contribution in [2.24, 2.45) is 5.92 Å². The van der Waals surface area contributed by atoms with E-state index in [-0.39, 0.29) is 29.6 Å². The Kier molecular flexibility index (Phi) is 4.55. The van der Waals surface area contributed by atoms with E-state index in [1.54, 1.807) is 0 Å². The summed E-state index contributed by atoms with van der Waals surface area (Å²) in [6.45, 7) is 4.38. The summed E-state index contributed by atoms with van der Waals surface area (Å²) in [7, 11) is 0. The van der Waals surface area contributed by atoms with Crippen LogP contribution in [0.25, 0.3) is 0 Å². The molecule has 44 valence electrons. The number of rotatable bonds is 1. The van der Waals surface area contributed by atoms with Gasteiger partial charge in [-0.05, 0) is 0 Å². The van der Waals surface area contributed by atoms with Crippen LogP contribution in [0.2, 0.25) is 0 Å². The number of allylic oxidation sites excluding steroid dienone is 4. The zero-order chi connectivity index (χ0) is 5.98. The monoisotopic (exact) mass is 130 g/mol. The minimum absolute atomic E-state index is 0. The van der Waals surface area contributed by atoms with Gasteiger partial charge in [0.2, 0.25) is 0 Å². The molecule has 0 aromatic rings. The first-order valence-electron chi connectivity index (χ1n) is 3.08. The average Bonchev–Trinajstić information content (AvgIpc) is 2.12. The van der Waals surface area contributed by atoms with Crippen LogP contribution < -0.4 is 29.6 Å². The first-order valence-corrected chi connectivity index (χ1v) is 3.08. The molecular formula is C8H11Na. The van der Waals surface area contributed by atoms with Gasteiger partial charge in [0, 0.05) is 0 Å². The second-order valence-corrected chi connectivity index (χ2v) is 2.39.